The molecule has 1 amide bonds. The van der Waals surface area contributed by atoms with Crippen molar-refractivity contribution >= 4 is 29.0 Å². The summed E-state index contributed by atoms with van der Waals surface area (Å²) in [5, 5.41) is 20.3. The third-order valence-corrected chi connectivity index (χ3v) is 9.18. The van der Waals surface area contributed by atoms with Gasteiger partial charge in [0.2, 0.25) is 5.91 Å². The van der Waals surface area contributed by atoms with Crippen molar-refractivity contribution in [3.8, 4) is 0 Å². The number of nitrogens with one attached hydrogen (secondary N) is 1. The van der Waals surface area contributed by atoms with Crippen LogP contribution in [0.3, 0.4) is 0 Å². The largest absolute Gasteiger partial charge is 0.376 e. The van der Waals surface area contributed by atoms with Crippen LogP contribution in [0.1, 0.15) is 52.4 Å². The fourth-order valence-electron chi connectivity index (χ4n) is 7.51. The van der Waals surface area contributed by atoms with Gasteiger partial charge in [0.05, 0.1) is 17.7 Å². The van der Waals surface area contributed by atoms with Crippen molar-refractivity contribution in [2.45, 2.75) is 50.3 Å². The molecule has 4 aliphatic rings. The number of ketones is 3. The number of rotatable bonds is 3. The summed E-state index contributed by atoms with van der Waals surface area (Å²) in [5.74, 6) is -8.43. The summed E-state index contributed by atoms with van der Waals surface area (Å²) in [5.41, 5.74) is 3.73. The molecule has 9 nitrogen and oxygen atoms in total. The molecule has 1 aromatic carbocycles. The predicted octanol–water partition coefficient (Wildman–Crippen LogP) is 0.826. The number of halogens is 1. The van der Waals surface area contributed by atoms with Gasteiger partial charge in [-0.1, -0.05) is 6.07 Å². The number of likely N-dealkylation sites (N-methyl/N-ethyl adjacent to an activating group) is 1. The average molecular weight is 513 g/mol. The van der Waals surface area contributed by atoms with Gasteiger partial charge < -0.3 is 16.2 Å². The fourth-order valence-corrected chi connectivity index (χ4v) is 7.51. The maximum Gasteiger partial charge on any atom is 0.233 e. The molecule has 5 rings (SSSR count). The Kier molecular flexibility index (Phi) is 6.01. The Morgan fingerprint density at radius 1 is 1.30 bits per heavy atom. The molecule has 1 aromatic rings. The lowest BCUT2D eigenvalue weighted by molar-refractivity contribution is -0.157. The second kappa shape index (κ2) is 8.61. The van der Waals surface area contributed by atoms with Crippen molar-refractivity contribution in [1.29, 1.82) is 5.41 Å². The standard InChI is InChI=1S/C27H33FN4O5/c1-11-8-13(16-6-5-7-32(16)4)20(28)14-9-12-10-15-21(31(2)3)23(34)19(26(30)36)24(29)27(15,37)25(35)18(12)22(33)17(11)14/h8,12,15-16,18-19,21,29,37H,5-7,9-10H2,1-4H3,(H2,30,36). The number of nitrogens with zero attached hydrogens (tertiary/aromatic N) is 2. The lowest BCUT2D eigenvalue weighted by atomic mass is 9.52. The van der Waals surface area contributed by atoms with Gasteiger partial charge >= 0.3 is 0 Å². The first-order valence-corrected chi connectivity index (χ1v) is 12.7. The first kappa shape index (κ1) is 25.8. The first-order chi connectivity index (χ1) is 17.3. The summed E-state index contributed by atoms with van der Waals surface area (Å²) in [6, 6.07) is 0.536. The number of carbonyl (C=O) groups is 4. The number of nitrogens with two attached hydrogens (primary N) is 1. The van der Waals surface area contributed by atoms with E-state index in [4.69, 9.17) is 11.1 Å². The Balaban J connectivity index is 1.62. The summed E-state index contributed by atoms with van der Waals surface area (Å²) >= 11 is 0. The number of hydrogen-bond donors (Lipinski definition) is 3. The predicted molar refractivity (Wildman–Crippen MR) is 132 cm³/mol. The SMILES string of the molecule is Cc1cc(C2CCCN2C)c(F)c2c1C(=O)C1C(=O)C3(O)C(=N)C(C(N)=O)C(=O)C(N(C)C)C3CC1C2. The minimum absolute atomic E-state index is 0.0482. The molecule has 1 aliphatic heterocycles. The highest BCUT2D eigenvalue weighted by molar-refractivity contribution is 6.33. The van der Waals surface area contributed by atoms with Crippen molar-refractivity contribution in [1.82, 2.24) is 9.80 Å². The van der Waals surface area contributed by atoms with E-state index < -0.39 is 70.1 Å². The molecule has 0 radical (unpaired) electrons. The Morgan fingerprint density at radius 3 is 2.54 bits per heavy atom. The van der Waals surface area contributed by atoms with Crippen LogP contribution in [0.4, 0.5) is 4.39 Å². The van der Waals surface area contributed by atoms with Gasteiger partial charge in [0.1, 0.15) is 11.7 Å². The van der Waals surface area contributed by atoms with Crippen LogP contribution in [0.2, 0.25) is 0 Å². The number of fused-ring (bicyclic) bond motifs is 3. The molecule has 1 saturated heterocycles. The fraction of sp³-hybridized carbons (Fsp3) is 0.593. The molecule has 3 fully saturated rings. The third-order valence-electron chi connectivity index (χ3n) is 9.18. The van der Waals surface area contributed by atoms with Gasteiger partial charge in [-0.25, -0.2) is 4.39 Å². The van der Waals surface area contributed by atoms with Crippen LogP contribution in [-0.4, -0.2) is 83.2 Å². The first-order valence-electron chi connectivity index (χ1n) is 12.7. The van der Waals surface area contributed by atoms with Crippen LogP contribution < -0.4 is 5.73 Å². The molecule has 0 bridgehead atoms. The third kappa shape index (κ3) is 3.42. The quantitative estimate of drug-likeness (QED) is 0.509. The van der Waals surface area contributed by atoms with E-state index in [1.807, 2.05) is 7.05 Å². The van der Waals surface area contributed by atoms with E-state index in [0.717, 1.165) is 19.4 Å². The number of primary amides is 1. The number of aryl methyl sites for hydroxylation is 1. The van der Waals surface area contributed by atoms with Crippen LogP contribution in [0.25, 0.3) is 0 Å². The highest BCUT2D eigenvalue weighted by Crippen LogP contribution is 2.51. The number of hydrogen-bond acceptors (Lipinski definition) is 8. The van der Waals surface area contributed by atoms with E-state index in [2.05, 4.69) is 4.90 Å². The molecule has 1 heterocycles. The number of aliphatic hydroxyl groups is 1. The van der Waals surface area contributed by atoms with Gasteiger partial charge in [0.25, 0.3) is 0 Å². The number of likely N-dealkylation sites (tertiary alicyclic amines) is 1. The number of benzene rings is 1. The summed E-state index contributed by atoms with van der Waals surface area (Å²) in [4.78, 5) is 56.7. The smallest absolute Gasteiger partial charge is 0.233 e. The van der Waals surface area contributed by atoms with E-state index >= 15 is 4.39 Å². The molecule has 7 atom stereocenters. The Labute approximate surface area is 214 Å². The van der Waals surface area contributed by atoms with E-state index in [1.165, 1.54) is 4.90 Å². The Morgan fingerprint density at radius 2 is 1.97 bits per heavy atom. The molecular weight excluding hydrogens is 479 g/mol. The van der Waals surface area contributed by atoms with Gasteiger partial charge in [0.15, 0.2) is 23.0 Å². The van der Waals surface area contributed by atoms with Crippen molar-refractivity contribution in [3.63, 3.8) is 0 Å². The topological polar surface area (TPSA) is 145 Å². The van der Waals surface area contributed by atoms with Gasteiger partial charge in [-0.2, -0.15) is 0 Å². The van der Waals surface area contributed by atoms with Crippen molar-refractivity contribution in [3.05, 3.63) is 34.1 Å². The van der Waals surface area contributed by atoms with Crippen LogP contribution in [0, 0.1) is 41.8 Å². The van der Waals surface area contributed by atoms with Crippen molar-refractivity contribution < 1.29 is 28.7 Å². The molecular formula is C27H33FN4O5. The highest BCUT2D eigenvalue weighted by atomic mass is 19.1. The van der Waals surface area contributed by atoms with E-state index in [1.54, 1.807) is 27.1 Å². The molecule has 4 N–H and O–H groups in total. The monoisotopic (exact) mass is 512 g/mol. The van der Waals surface area contributed by atoms with Crippen molar-refractivity contribution in [2.75, 3.05) is 27.7 Å². The highest BCUT2D eigenvalue weighted by Gasteiger charge is 2.67. The lowest BCUT2D eigenvalue weighted by Crippen LogP contribution is -2.73. The molecule has 37 heavy (non-hydrogen) atoms. The molecule has 198 valence electrons. The molecule has 7 unspecified atom stereocenters. The maximum atomic E-state index is 16.0. The van der Waals surface area contributed by atoms with Crippen LogP contribution in [-0.2, 0) is 20.8 Å². The summed E-state index contributed by atoms with van der Waals surface area (Å²) in [7, 11) is 5.12. The minimum Gasteiger partial charge on any atom is -0.376 e. The van der Waals surface area contributed by atoms with E-state index in [0.29, 0.717) is 11.1 Å². The second-order valence-electron chi connectivity index (χ2n) is 11.4. The molecule has 3 aliphatic carbocycles. The Hall–Kier alpha value is -2.82. The molecule has 0 spiro atoms. The Bertz CT molecular complexity index is 1260. The van der Waals surface area contributed by atoms with E-state index in [-0.39, 0.29) is 30.0 Å². The van der Waals surface area contributed by atoms with Gasteiger partial charge in [0, 0.05) is 23.1 Å². The number of Topliss-reactive ketones (excluding diaryl/α,β-unsaturated/α-hetero) is 3. The zero-order chi connectivity index (χ0) is 27.1. The normalized spacial score (nSPS) is 36.0. The summed E-state index contributed by atoms with van der Waals surface area (Å²) in [6.45, 7) is 2.59. The van der Waals surface area contributed by atoms with Crippen molar-refractivity contribution in [2.24, 2.45) is 29.4 Å². The summed E-state index contributed by atoms with van der Waals surface area (Å²) < 4.78 is 16.0. The average Bonchev–Trinajstić information content (AvgIpc) is 3.23. The number of carbonyl (C=O) groups excluding carboxylic acids is 4. The minimum atomic E-state index is -2.49. The van der Waals surface area contributed by atoms with Crippen LogP contribution in [0.5, 0.6) is 0 Å². The van der Waals surface area contributed by atoms with Gasteiger partial charge in [-0.3, -0.25) is 29.0 Å². The van der Waals surface area contributed by atoms with E-state index in [9.17, 15) is 24.3 Å². The number of amides is 1. The van der Waals surface area contributed by atoms with Crippen LogP contribution in [0.15, 0.2) is 6.07 Å². The lowest BCUT2D eigenvalue weighted by Gasteiger charge is -2.53. The molecule has 10 heteroatoms. The van der Waals surface area contributed by atoms with Gasteiger partial charge in [-0.15, -0.1) is 0 Å². The van der Waals surface area contributed by atoms with Crippen LogP contribution >= 0.6 is 0 Å². The zero-order valence-electron chi connectivity index (χ0n) is 21.5. The summed E-state index contributed by atoms with van der Waals surface area (Å²) in [6.07, 6.45) is 1.93. The maximum absolute atomic E-state index is 16.0. The second-order valence-corrected chi connectivity index (χ2v) is 11.4. The molecule has 2 saturated carbocycles. The molecule has 0 aromatic heterocycles. The zero-order valence-corrected chi connectivity index (χ0v) is 21.5. The van der Waals surface area contributed by atoms with Gasteiger partial charge in [-0.05, 0) is 77.3 Å².